The van der Waals surface area contributed by atoms with Crippen LogP contribution in [0.4, 0.5) is 5.69 Å². The number of halogens is 2. The van der Waals surface area contributed by atoms with Crippen molar-refractivity contribution in [2.75, 3.05) is 10.8 Å². The van der Waals surface area contributed by atoms with Crippen LogP contribution in [-0.2, 0) is 32.6 Å². The van der Waals surface area contributed by atoms with E-state index in [0.717, 1.165) is 21.0 Å². The van der Waals surface area contributed by atoms with Gasteiger partial charge in [-0.2, -0.15) is 0 Å². The number of amides is 2. The van der Waals surface area contributed by atoms with E-state index in [1.165, 1.54) is 35.2 Å². The third kappa shape index (κ3) is 8.40. The van der Waals surface area contributed by atoms with Crippen molar-refractivity contribution in [2.45, 2.75) is 50.7 Å². The van der Waals surface area contributed by atoms with Crippen molar-refractivity contribution in [1.29, 1.82) is 0 Å². The van der Waals surface area contributed by atoms with Gasteiger partial charge in [0, 0.05) is 19.0 Å². The maximum absolute atomic E-state index is 14.4. The first-order chi connectivity index (χ1) is 21.0. The highest BCUT2D eigenvalue weighted by Gasteiger charge is 2.35. The smallest absolute Gasteiger partial charge is 0.264 e. The van der Waals surface area contributed by atoms with E-state index in [0.29, 0.717) is 0 Å². The maximum atomic E-state index is 14.4. The van der Waals surface area contributed by atoms with E-state index in [9.17, 15) is 18.0 Å². The molecule has 4 rings (SSSR count). The van der Waals surface area contributed by atoms with E-state index in [2.05, 4.69) is 5.32 Å². The van der Waals surface area contributed by atoms with Crippen molar-refractivity contribution in [3.05, 3.63) is 130 Å². The van der Waals surface area contributed by atoms with Crippen molar-refractivity contribution in [2.24, 2.45) is 0 Å². The molecule has 1 N–H and O–H groups in total. The third-order valence-electron chi connectivity index (χ3n) is 6.98. The summed E-state index contributed by atoms with van der Waals surface area (Å²) in [4.78, 5) is 29.6. The number of rotatable bonds is 12. The fraction of sp³-hybridized carbons (Fsp3) is 0.235. The Morgan fingerprint density at radius 3 is 2.00 bits per heavy atom. The Labute approximate surface area is 269 Å². The fourth-order valence-corrected chi connectivity index (χ4v) is 6.43. The second-order valence-electron chi connectivity index (χ2n) is 10.8. The van der Waals surface area contributed by atoms with Gasteiger partial charge in [0.15, 0.2) is 0 Å². The number of carbonyl (C=O) groups is 2. The highest BCUT2D eigenvalue weighted by Crippen LogP contribution is 2.31. The predicted octanol–water partition coefficient (Wildman–Crippen LogP) is 6.66. The summed E-state index contributed by atoms with van der Waals surface area (Å²) < 4.78 is 29.1. The minimum Gasteiger partial charge on any atom is -0.352 e. The van der Waals surface area contributed by atoms with Gasteiger partial charge in [-0.3, -0.25) is 13.9 Å². The Kier molecular flexibility index (Phi) is 11.1. The number of carbonyl (C=O) groups excluding carboxylic acids is 2. The van der Waals surface area contributed by atoms with E-state index >= 15 is 0 Å². The van der Waals surface area contributed by atoms with E-state index in [1.807, 2.05) is 75.4 Å². The zero-order chi connectivity index (χ0) is 31.9. The zero-order valence-corrected chi connectivity index (χ0v) is 27.1. The molecule has 230 valence electrons. The van der Waals surface area contributed by atoms with E-state index in [1.54, 1.807) is 18.2 Å². The van der Waals surface area contributed by atoms with Crippen LogP contribution in [0.5, 0.6) is 0 Å². The van der Waals surface area contributed by atoms with E-state index < -0.39 is 28.5 Å². The van der Waals surface area contributed by atoms with E-state index in [-0.39, 0.29) is 45.5 Å². The van der Waals surface area contributed by atoms with Crippen LogP contribution in [0.2, 0.25) is 10.0 Å². The predicted molar refractivity (Wildman–Crippen MR) is 176 cm³/mol. The molecule has 0 saturated heterocycles. The molecule has 0 aliphatic rings. The van der Waals surface area contributed by atoms with Gasteiger partial charge in [0.25, 0.3) is 10.0 Å². The number of benzene rings is 4. The molecule has 0 aliphatic carbocycles. The topological polar surface area (TPSA) is 86.8 Å². The Balaban J connectivity index is 1.81. The molecule has 0 bridgehead atoms. The quantitative estimate of drug-likeness (QED) is 0.186. The lowest BCUT2D eigenvalue weighted by molar-refractivity contribution is -0.140. The lowest BCUT2D eigenvalue weighted by Gasteiger charge is -2.34. The molecule has 2 amide bonds. The van der Waals surface area contributed by atoms with Crippen molar-refractivity contribution in [3.63, 3.8) is 0 Å². The molecule has 10 heteroatoms. The van der Waals surface area contributed by atoms with E-state index in [4.69, 9.17) is 23.2 Å². The molecule has 0 heterocycles. The Morgan fingerprint density at radius 1 is 0.795 bits per heavy atom. The summed E-state index contributed by atoms with van der Waals surface area (Å²) >= 11 is 12.5. The van der Waals surface area contributed by atoms with Gasteiger partial charge in [0.1, 0.15) is 12.6 Å². The molecule has 0 aliphatic heterocycles. The number of aryl methyl sites for hydroxylation is 1. The Hall–Kier alpha value is -3.85. The molecular weight excluding hydrogens is 617 g/mol. The summed E-state index contributed by atoms with van der Waals surface area (Å²) in [5.41, 5.74) is 2.87. The summed E-state index contributed by atoms with van der Waals surface area (Å²) in [5.74, 6) is -0.896. The maximum Gasteiger partial charge on any atom is 0.264 e. The lowest BCUT2D eigenvalue weighted by Crippen LogP contribution is -2.54. The third-order valence-corrected chi connectivity index (χ3v) is 9.50. The van der Waals surface area contributed by atoms with Gasteiger partial charge in [0.2, 0.25) is 11.8 Å². The largest absolute Gasteiger partial charge is 0.352 e. The van der Waals surface area contributed by atoms with Gasteiger partial charge in [-0.1, -0.05) is 102 Å². The molecule has 0 fully saturated rings. The monoisotopic (exact) mass is 651 g/mol. The van der Waals surface area contributed by atoms with Gasteiger partial charge in [-0.05, 0) is 62.2 Å². The minimum atomic E-state index is -4.23. The molecular formula is C34H35Cl2N3O4S. The summed E-state index contributed by atoms with van der Waals surface area (Å²) in [7, 11) is -4.23. The Morgan fingerprint density at radius 2 is 1.41 bits per heavy atom. The van der Waals surface area contributed by atoms with Crippen LogP contribution < -0.4 is 9.62 Å². The second kappa shape index (κ2) is 14.8. The number of nitrogens with zero attached hydrogens (tertiary/aromatic N) is 2. The van der Waals surface area contributed by atoms with Crippen molar-refractivity contribution >= 4 is 50.7 Å². The molecule has 1 atom stereocenters. The van der Waals surface area contributed by atoms with Crippen LogP contribution in [0.3, 0.4) is 0 Å². The van der Waals surface area contributed by atoms with Crippen LogP contribution in [0.25, 0.3) is 0 Å². The molecule has 1 unspecified atom stereocenters. The standard InChI is InChI=1S/C34H35Cl2N3O4S/c1-24(2)37-34(41)32(20-26-10-6-4-7-11-26)38(22-27-16-14-25(3)15-17-27)33(40)23-39(28-18-19-30(35)31(36)21-28)44(42,43)29-12-8-5-9-13-29/h4-19,21,24,32H,20,22-23H2,1-3H3,(H,37,41). The zero-order valence-electron chi connectivity index (χ0n) is 24.8. The molecule has 0 radical (unpaired) electrons. The van der Waals surface area contributed by atoms with Crippen LogP contribution in [-0.4, -0.2) is 43.8 Å². The molecule has 0 aromatic heterocycles. The van der Waals surface area contributed by atoms with Crippen LogP contribution in [0, 0.1) is 6.92 Å². The number of hydrogen-bond acceptors (Lipinski definition) is 4. The van der Waals surface area contributed by atoms with Crippen LogP contribution >= 0.6 is 23.2 Å². The molecule has 7 nitrogen and oxygen atoms in total. The number of anilines is 1. The lowest BCUT2D eigenvalue weighted by atomic mass is 10.0. The number of sulfonamides is 1. The number of hydrogen-bond donors (Lipinski definition) is 1. The normalized spacial score (nSPS) is 12.0. The molecule has 4 aromatic rings. The number of nitrogens with one attached hydrogen (secondary N) is 1. The molecule has 44 heavy (non-hydrogen) atoms. The average molecular weight is 653 g/mol. The van der Waals surface area contributed by atoms with Gasteiger partial charge in [-0.25, -0.2) is 8.42 Å². The Bertz CT molecular complexity index is 1680. The average Bonchev–Trinajstić information content (AvgIpc) is 3.00. The first-order valence-electron chi connectivity index (χ1n) is 14.2. The highest BCUT2D eigenvalue weighted by molar-refractivity contribution is 7.92. The summed E-state index contributed by atoms with van der Waals surface area (Å²) in [6, 6.07) is 28.2. The van der Waals surface area contributed by atoms with Gasteiger partial charge >= 0.3 is 0 Å². The van der Waals surface area contributed by atoms with Gasteiger partial charge in [-0.15, -0.1) is 0 Å². The molecule has 0 spiro atoms. The second-order valence-corrected chi connectivity index (χ2v) is 13.5. The van der Waals surface area contributed by atoms with Gasteiger partial charge in [0.05, 0.1) is 20.6 Å². The van der Waals surface area contributed by atoms with Crippen LogP contribution in [0.15, 0.2) is 108 Å². The summed E-state index contributed by atoms with van der Waals surface area (Å²) in [6.45, 7) is 5.17. The van der Waals surface area contributed by atoms with Crippen molar-refractivity contribution < 1.29 is 18.0 Å². The summed E-state index contributed by atoms with van der Waals surface area (Å²) in [5, 5.41) is 3.33. The molecule has 0 saturated carbocycles. The van der Waals surface area contributed by atoms with Crippen molar-refractivity contribution in [3.8, 4) is 0 Å². The SMILES string of the molecule is Cc1ccc(CN(C(=O)CN(c2ccc(Cl)c(Cl)c2)S(=O)(=O)c2ccccc2)C(Cc2ccccc2)C(=O)NC(C)C)cc1. The molecule has 4 aromatic carbocycles. The first-order valence-corrected chi connectivity index (χ1v) is 16.4. The van der Waals surface area contributed by atoms with Crippen molar-refractivity contribution in [1.82, 2.24) is 10.2 Å². The highest BCUT2D eigenvalue weighted by atomic mass is 35.5. The first kappa shape index (κ1) is 33.1. The summed E-state index contributed by atoms with van der Waals surface area (Å²) in [6.07, 6.45) is 0.231. The minimum absolute atomic E-state index is 0.00217. The van der Waals surface area contributed by atoms with Crippen LogP contribution in [0.1, 0.15) is 30.5 Å². The van der Waals surface area contributed by atoms with Gasteiger partial charge < -0.3 is 10.2 Å². The fourth-order valence-electron chi connectivity index (χ4n) is 4.71.